The van der Waals surface area contributed by atoms with Crippen molar-refractivity contribution in [2.24, 2.45) is 0 Å². The summed E-state index contributed by atoms with van der Waals surface area (Å²) >= 11 is 2.05. The molecule has 0 amide bonds. The van der Waals surface area contributed by atoms with Crippen LogP contribution in [0.25, 0.3) is 0 Å². The van der Waals surface area contributed by atoms with Crippen molar-refractivity contribution in [2.75, 3.05) is 0 Å². The lowest BCUT2D eigenvalue weighted by Crippen LogP contribution is -2.06. The first kappa shape index (κ1) is 13.4. The number of aliphatic hydroxyl groups excluding tert-OH is 1. The van der Waals surface area contributed by atoms with Crippen LogP contribution in [0.3, 0.4) is 0 Å². The molecule has 2 rings (SSSR count). The van der Waals surface area contributed by atoms with Crippen molar-refractivity contribution >= 4 is 22.6 Å². The Balaban J connectivity index is 2.50. The standard InChI is InChI=1S/C14H11F2IO/c1-8-6-12(16)10(7-11(8)15)14(18)9-4-2-3-5-13(9)17/h2-7,14,18H,1H3. The maximum Gasteiger partial charge on any atom is 0.129 e. The molecule has 94 valence electrons. The van der Waals surface area contributed by atoms with Gasteiger partial charge in [0, 0.05) is 9.13 Å². The Morgan fingerprint density at radius 2 is 1.72 bits per heavy atom. The molecule has 0 aromatic heterocycles. The molecule has 0 bridgehead atoms. The number of halogens is 3. The van der Waals surface area contributed by atoms with Crippen molar-refractivity contribution < 1.29 is 13.9 Å². The second-order valence-electron chi connectivity index (χ2n) is 4.05. The Morgan fingerprint density at radius 1 is 1.06 bits per heavy atom. The molecule has 0 aliphatic heterocycles. The Kier molecular flexibility index (Phi) is 3.97. The maximum absolute atomic E-state index is 13.8. The first-order valence-electron chi connectivity index (χ1n) is 5.38. The molecule has 0 fully saturated rings. The minimum atomic E-state index is -1.16. The van der Waals surface area contributed by atoms with Crippen molar-refractivity contribution in [1.29, 1.82) is 0 Å². The molecule has 1 atom stereocenters. The zero-order valence-electron chi connectivity index (χ0n) is 9.62. The van der Waals surface area contributed by atoms with Gasteiger partial charge in [0.2, 0.25) is 0 Å². The van der Waals surface area contributed by atoms with Crippen LogP contribution in [0, 0.1) is 22.1 Å². The second-order valence-corrected chi connectivity index (χ2v) is 5.21. The van der Waals surface area contributed by atoms with E-state index in [1.165, 1.54) is 6.92 Å². The monoisotopic (exact) mass is 360 g/mol. The molecule has 0 saturated carbocycles. The summed E-state index contributed by atoms with van der Waals surface area (Å²) < 4.78 is 28.0. The summed E-state index contributed by atoms with van der Waals surface area (Å²) in [6.07, 6.45) is -1.16. The van der Waals surface area contributed by atoms with Gasteiger partial charge in [-0.05, 0) is 58.8 Å². The van der Waals surface area contributed by atoms with E-state index in [4.69, 9.17) is 0 Å². The summed E-state index contributed by atoms with van der Waals surface area (Å²) in [4.78, 5) is 0. The highest BCUT2D eigenvalue weighted by Crippen LogP contribution is 2.29. The molecule has 2 aromatic rings. The van der Waals surface area contributed by atoms with Gasteiger partial charge in [-0.1, -0.05) is 18.2 Å². The van der Waals surface area contributed by atoms with Crippen LogP contribution in [0.2, 0.25) is 0 Å². The van der Waals surface area contributed by atoms with Crippen LogP contribution in [0.15, 0.2) is 36.4 Å². The van der Waals surface area contributed by atoms with Gasteiger partial charge >= 0.3 is 0 Å². The lowest BCUT2D eigenvalue weighted by atomic mass is 10.00. The number of hydrogen-bond donors (Lipinski definition) is 1. The van der Waals surface area contributed by atoms with Gasteiger partial charge in [-0.3, -0.25) is 0 Å². The first-order valence-corrected chi connectivity index (χ1v) is 6.46. The zero-order valence-corrected chi connectivity index (χ0v) is 11.8. The Hall–Kier alpha value is -1.01. The summed E-state index contributed by atoms with van der Waals surface area (Å²) in [5.41, 5.74) is 0.758. The molecular formula is C14H11F2IO. The van der Waals surface area contributed by atoms with Crippen LogP contribution >= 0.6 is 22.6 Å². The summed E-state index contributed by atoms with van der Waals surface area (Å²) in [6.45, 7) is 1.49. The summed E-state index contributed by atoms with van der Waals surface area (Å²) in [6, 6.07) is 9.24. The SMILES string of the molecule is Cc1cc(F)c(C(O)c2ccccc2I)cc1F. The largest absolute Gasteiger partial charge is 0.384 e. The molecule has 0 aliphatic carbocycles. The Morgan fingerprint density at radius 3 is 2.39 bits per heavy atom. The van der Waals surface area contributed by atoms with Crippen LogP contribution in [0.5, 0.6) is 0 Å². The van der Waals surface area contributed by atoms with Crippen molar-refractivity contribution in [3.05, 3.63) is 68.3 Å². The summed E-state index contributed by atoms with van der Waals surface area (Å²) in [5, 5.41) is 10.2. The minimum absolute atomic E-state index is 0.0396. The van der Waals surface area contributed by atoms with Crippen LogP contribution in [-0.4, -0.2) is 5.11 Å². The van der Waals surface area contributed by atoms with Crippen LogP contribution in [0.1, 0.15) is 22.8 Å². The fourth-order valence-corrected chi connectivity index (χ4v) is 2.42. The smallest absolute Gasteiger partial charge is 0.129 e. The lowest BCUT2D eigenvalue weighted by Gasteiger charge is -2.14. The third kappa shape index (κ3) is 2.54. The third-order valence-electron chi connectivity index (χ3n) is 2.77. The first-order chi connectivity index (χ1) is 8.50. The van der Waals surface area contributed by atoms with Crippen molar-refractivity contribution in [3.63, 3.8) is 0 Å². The van der Waals surface area contributed by atoms with Gasteiger partial charge < -0.3 is 5.11 Å². The average Bonchev–Trinajstić information content (AvgIpc) is 2.33. The van der Waals surface area contributed by atoms with Crippen molar-refractivity contribution in [3.8, 4) is 0 Å². The Bertz CT molecular complexity index is 584. The molecule has 1 N–H and O–H groups in total. The molecule has 2 aromatic carbocycles. The molecule has 4 heteroatoms. The molecule has 18 heavy (non-hydrogen) atoms. The normalized spacial score (nSPS) is 12.5. The molecule has 0 saturated heterocycles. The number of hydrogen-bond acceptors (Lipinski definition) is 1. The average molecular weight is 360 g/mol. The predicted octanol–water partition coefficient (Wildman–Crippen LogP) is 3.96. The van der Waals surface area contributed by atoms with E-state index >= 15 is 0 Å². The second kappa shape index (κ2) is 5.32. The van der Waals surface area contributed by atoms with E-state index in [0.29, 0.717) is 5.56 Å². The quantitative estimate of drug-likeness (QED) is 0.804. The summed E-state index contributed by atoms with van der Waals surface area (Å²) in [7, 11) is 0. The molecule has 0 radical (unpaired) electrons. The van der Waals surface area contributed by atoms with Gasteiger partial charge in [0.25, 0.3) is 0 Å². The maximum atomic E-state index is 13.8. The van der Waals surface area contributed by atoms with E-state index in [-0.39, 0.29) is 11.1 Å². The van der Waals surface area contributed by atoms with E-state index < -0.39 is 17.7 Å². The van der Waals surface area contributed by atoms with Gasteiger partial charge in [-0.25, -0.2) is 8.78 Å². The van der Waals surface area contributed by atoms with Gasteiger partial charge in [0.15, 0.2) is 0 Å². The number of benzene rings is 2. The highest BCUT2D eigenvalue weighted by atomic mass is 127. The zero-order chi connectivity index (χ0) is 13.3. The number of aliphatic hydroxyl groups is 1. The van der Waals surface area contributed by atoms with E-state index in [9.17, 15) is 13.9 Å². The molecule has 1 nitrogen and oxygen atoms in total. The van der Waals surface area contributed by atoms with Gasteiger partial charge in [0.05, 0.1) is 0 Å². The predicted molar refractivity (Wildman–Crippen MR) is 74.3 cm³/mol. The van der Waals surface area contributed by atoms with Crippen molar-refractivity contribution in [2.45, 2.75) is 13.0 Å². The summed E-state index contributed by atoms with van der Waals surface area (Å²) in [5.74, 6) is -1.11. The number of rotatable bonds is 2. The lowest BCUT2D eigenvalue weighted by molar-refractivity contribution is 0.213. The van der Waals surface area contributed by atoms with Gasteiger partial charge in [-0.15, -0.1) is 0 Å². The van der Waals surface area contributed by atoms with Gasteiger partial charge in [0.1, 0.15) is 17.7 Å². The topological polar surface area (TPSA) is 20.2 Å². The molecule has 1 unspecified atom stereocenters. The highest BCUT2D eigenvalue weighted by Gasteiger charge is 2.18. The van der Waals surface area contributed by atoms with Crippen LogP contribution in [-0.2, 0) is 0 Å². The Labute approximate surface area is 118 Å². The highest BCUT2D eigenvalue weighted by molar-refractivity contribution is 14.1. The molecule has 0 heterocycles. The van der Waals surface area contributed by atoms with E-state index in [0.717, 1.165) is 15.7 Å². The van der Waals surface area contributed by atoms with Crippen LogP contribution in [0.4, 0.5) is 8.78 Å². The molecule has 0 aliphatic rings. The van der Waals surface area contributed by atoms with Gasteiger partial charge in [-0.2, -0.15) is 0 Å². The minimum Gasteiger partial charge on any atom is -0.384 e. The number of aryl methyl sites for hydroxylation is 1. The van der Waals surface area contributed by atoms with E-state index in [1.54, 1.807) is 12.1 Å². The third-order valence-corrected chi connectivity index (χ3v) is 3.75. The van der Waals surface area contributed by atoms with Crippen molar-refractivity contribution in [1.82, 2.24) is 0 Å². The molecular weight excluding hydrogens is 349 g/mol. The van der Waals surface area contributed by atoms with Crippen LogP contribution < -0.4 is 0 Å². The fourth-order valence-electron chi connectivity index (χ4n) is 1.74. The van der Waals surface area contributed by atoms with E-state index in [2.05, 4.69) is 22.6 Å². The molecule has 0 spiro atoms. The fraction of sp³-hybridized carbons (Fsp3) is 0.143. The van der Waals surface area contributed by atoms with E-state index in [1.807, 2.05) is 12.1 Å².